The Balaban J connectivity index is 1.45. The average Bonchev–Trinajstić information content (AvgIpc) is 3.49. The first-order chi connectivity index (χ1) is 14.3. The Morgan fingerprint density at radius 1 is 1.30 bits per heavy atom. The third-order valence-corrected chi connectivity index (χ3v) is 6.52. The molecule has 30 heavy (non-hydrogen) atoms. The summed E-state index contributed by atoms with van der Waals surface area (Å²) in [4.78, 5) is 17.0. The second-order valence-electron chi connectivity index (χ2n) is 8.40. The largest absolute Gasteiger partial charge is 0.463 e. The second-order valence-corrected chi connectivity index (χ2v) is 8.40. The standard InChI is InChI=1S/C21H21F3N4O2/c1-11(14-8-12-4-5-13(14)7-12)25-20(29)16-10-19-26-15(17-3-2-6-30-17)9-18(21(22,23)24)28(19)27-16/h2-3,6,9-14H,4-5,7-8H2,1H3,(H,25,29)/t11-,12-,13-,14-/m0/s1. The molecule has 158 valence electrons. The van der Waals surface area contributed by atoms with Crippen LogP contribution in [0.25, 0.3) is 17.1 Å². The highest BCUT2D eigenvalue weighted by atomic mass is 19.4. The van der Waals surface area contributed by atoms with Gasteiger partial charge in [0, 0.05) is 12.1 Å². The lowest BCUT2D eigenvalue weighted by Crippen LogP contribution is -2.40. The summed E-state index contributed by atoms with van der Waals surface area (Å²) in [5.74, 6) is 1.51. The number of rotatable bonds is 4. The average molecular weight is 418 g/mol. The number of carbonyl (C=O) groups is 1. The van der Waals surface area contributed by atoms with Crippen LogP contribution in [-0.2, 0) is 6.18 Å². The molecule has 5 rings (SSSR count). The maximum Gasteiger partial charge on any atom is 0.433 e. The molecule has 3 aromatic rings. The molecule has 2 fully saturated rings. The number of hydrogen-bond acceptors (Lipinski definition) is 4. The van der Waals surface area contributed by atoms with Crippen LogP contribution in [0.1, 0.15) is 48.8 Å². The van der Waals surface area contributed by atoms with Gasteiger partial charge in [0.05, 0.1) is 6.26 Å². The van der Waals surface area contributed by atoms with Crippen LogP contribution < -0.4 is 5.32 Å². The molecule has 0 aromatic carbocycles. The molecule has 4 atom stereocenters. The molecule has 3 heterocycles. The molecule has 0 radical (unpaired) electrons. The zero-order chi connectivity index (χ0) is 21.0. The van der Waals surface area contributed by atoms with Gasteiger partial charge in [-0.25, -0.2) is 9.50 Å². The van der Waals surface area contributed by atoms with E-state index in [1.54, 1.807) is 6.07 Å². The summed E-state index contributed by atoms with van der Waals surface area (Å²) in [5, 5.41) is 6.86. The Bertz CT molecular complexity index is 1090. The first-order valence-electron chi connectivity index (χ1n) is 10.1. The van der Waals surface area contributed by atoms with Crippen LogP contribution in [0.2, 0.25) is 0 Å². The lowest BCUT2D eigenvalue weighted by atomic mass is 9.84. The first-order valence-corrected chi connectivity index (χ1v) is 10.1. The fourth-order valence-electron chi connectivity index (χ4n) is 5.13. The zero-order valence-corrected chi connectivity index (χ0v) is 16.3. The Morgan fingerprint density at radius 2 is 2.13 bits per heavy atom. The number of alkyl halides is 3. The molecule has 0 spiro atoms. The van der Waals surface area contributed by atoms with Crippen molar-refractivity contribution in [2.75, 3.05) is 0 Å². The molecule has 1 amide bonds. The van der Waals surface area contributed by atoms with E-state index in [1.165, 1.54) is 37.7 Å². The molecule has 2 saturated carbocycles. The van der Waals surface area contributed by atoms with Gasteiger partial charge in [-0.05, 0) is 62.1 Å². The number of furan rings is 1. The van der Waals surface area contributed by atoms with Gasteiger partial charge in [-0.1, -0.05) is 6.42 Å². The van der Waals surface area contributed by atoms with Gasteiger partial charge < -0.3 is 9.73 Å². The van der Waals surface area contributed by atoms with E-state index in [1.807, 2.05) is 6.92 Å². The van der Waals surface area contributed by atoms with Gasteiger partial charge in [0.15, 0.2) is 22.8 Å². The van der Waals surface area contributed by atoms with Gasteiger partial charge in [0.2, 0.25) is 0 Å². The molecule has 9 heteroatoms. The smallest absolute Gasteiger partial charge is 0.433 e. The summed E-state index contributed by atoms with van der Waals surface area (Å²) in [5.41, 5.74) is -1.13. The fraction of sp³-hybridized carbons (Fsp3) is 0.476. The molecule has 0 unspecified atom stereocenters. The Labute approximate surface area is 170 Å². The molecule has 2 aliphatic rings. The van der Waals surface area contributed by atoms with E-state index >= 15 is 0 Å². The van der Waals surface area contributed by atoms with Gasteiger partial charge >= 0.3 is 6.18 Å². The van der Waals surface area contributed by atoms with Crippen LogP contribution in [0, 0.1) is 17.8 Å². The molecule has 2 bridgehead atoms. The predicted molar refractivity (Wildman–Crippen MR) is 102 cm³/mol. The molecule has 1 N–H and O–H groups in total. The highest BCUT2D eigenvalue weighted by Crippen LogP contribution is 2.49. The Morgan fingerprint density at radius 3 is 2.77 bits per heavy atom. The van der Waals surface area contributed by atoms with Crippen LogP contribution in [0.4, 0.5) is 13.2 Å². The van der Waals surface area contributed by atoms with E-state index in [2.05, 4.69) is 15.4 Å². The third kappa shape index (κ3) is 3.26. The summed E-state index contributed by atoms with van der Waals surface area (Å²) in [6.07, 6.45) is 1.47. The monoisotopic (exact) mass is 418 g/mol. The Hall–Kier alpha value is -2.84. The molecule has 0 saturated heterocycles. The summed E-state index contributed by atoms with van der Waals surface area (Å²) in [6.45, 7) is 1.97. The number of hydrogen-bond donors (Lipinski definition) is 1. The van der Waals surface area contributed by atoms with Crippen molar-refractivity contribution in [1.82, 2.24) is 19.9 Å². The third-order valence-electron chi connectivity index (χ3n) is 6.52. The van der Waals surface area contributed by atoms with Crippen LogP contribution in [0.5, 0.6) is 0 Å². The van der Waals surface area contributed by atoms with Gasteiger partial charge in [-0.15, -0.1) is 0 Å². The molecule has 3 aromatic heterocycles. The maximum absolute atomic E-state index is 13.6. The minimum atomic E-state index is -4.67. The maximum atomic E-state index is 13.6. The number of carbonyl (C=O) groups excluding carboxylic acids is 1. The highest BCUT2D eigenvalue weighted by Gasteiger charge is 2.42. The normalized spacial score (nSPS) is 24.5. The zero-order valence-electron chi connectivity index (χ0n) is 16.3. The van der Waals surface area contributed by atoms with Crippen molar-refractivity contribution in [3.05, 3.63) is 41.9 Å². The van der Waals surface area contributed by atoms with Crippen molar-refractivity contribution in [3.8, 4) is 11.5 Å². The summed E-state index contributed by atoms with van der Waals surface area (Å²) in [7, 11) is 0. The second kappa shape index (κ2) is 6.85. The minimum absolute atomic E-state index is 0.0297. The van der Waals surface area contributed by atoms with Crippen molar-refractivity contribution in [1.29, 1.82) is 0 Å². The summed E-state index contributed by atoms with van der Waals surface area (Å²) < 4.78 is 46.7. The van der Waals surface area contributed by atoms with Gasteiger partial charge in [0.1, 0.15) is 5.69 Å². The van der Waals surface area contributed by atoms with E-state index in [4.69, 9.17) is 4.42 Å². The van der Waals surface area contributed by atoms with Gasteiger partial charge in [-0.2, -0.15) is 18.3 Å². The molecule has 2 aliphatic carbocycles. The summed E-state index contributed by atoms with van der Waals surface area (Å²) >= 11 is 0. The lowest BCUT2D eigenvalue weighted by molar-refractivity contribution is -0.142. The van der Waals surface area contributed by atoms with Crippen molar-refractivity contribution in [2.45, 2.75) is 44.8 Å². The quantitative estimate of drug-likeness (QED) is 0.674. The summed E-state index contributed by atoms with van der Waals surface area (Å²) in [6, 6.07) is 5.20. The number of nitrogens with zero attached hydrogens (tertiary/aromatic N) is 3. The highest BCUT2D eigenvalue weighted by molar-refractivity contribution is 5.93. The van der Waals surface area contributed by atoms with Crippen LogP contribution in [0.3, 0.4) is 0 Å². The van der Waals surface area contributed by atoms with Crippen LogP contribution in [-0.4, -0.2) is 26.5 Å². The number of nitrogens with one attached hydrogen (secondary N) is 1. The number of amides is 1. The Kier molecular flexibility index (Phi) is 4.37. The van der Waals surface area contributed by atoms with E-state index in [0.29, 0.717) is 16.4 Å². The predicted octanol–water partition coefficient (Wildman–Crippen LogP) is 4.56. The van der Waals surface area contributed by atoms with E-state index in [-0.39, 0.29) is 28.8 Å². The topological polar surface area (TPSA) is 72.4 Å². The number of halogens is 3. The van der Waals surface area contributed by atoms with Crippen LogP contribution in [0.15, 0.2) is 34.9 Å². The van der Waals surface area contributed by atoms with E-state index in [0.717, 1.165) is 18.4 Å². The van der Waals surface area contributed by atoms with Crippen molar-refractivity contribution in [2.24, 2.45) is 17.8 Å². The van der Waals surface area contributed by atoms with Gasteiger partial charge in [-0.3, -0.25) is 4.79 Å². The van der Waals surface area contributed by atoms with Crippen molar-refractivity contribution >= 4 is 11.6 Å². The number of aromatic nitrogens is 3. The van der Waals surface area contributed by atoms with E-state index in [9.17, 15) is 18.0 Å². The van der Waals surface area contributed by atoms with Crippen LogP contribution >= 0.6 is 0 Å². The van der Waals surface area contributed by atoms with Crippen molar-refractivity contribution < 1.29 is 22.4 Å². The molecule has 6 nitrogen and oxygen atoms in total. The molecular formula is C21H21F3N4O2. The minimum Gasteiger partial charge on any atom is -0.463 e. The fourth-order valence-corrected chi connectivity index (χ4v) is 5.13. The molecule has 0 aliphatic heterocycles. The molecular weight excluding hydrogens is 397 g/mol. The first kappa shape index (κ1) is 19.1. The van der Waals surface area contributed by atoms with E-state index < -0.39 is 17.8 Å². The SMILES string of the molecule is C[C@H](NC(=O)c1cc2nc(-c3ccco3)cc(C(F)(F)F)n2n1)[C@@H]1C[C@H]2CC[C@H]1C2. The van der Waals surface area contributed by atoms with Crippen molar-refractivity contribution in [3.63, 3.8) is 0 Å². The van der Waals surface area contributed by atoms with Gasteiger partial charge in [0.25, 0.3) is 5.91 Å². The lowest BCUT2D eigenvalue weighted by Gasteiger charge is -2.28. The number of fused-ring (bicyclic) bond motifs is 3.